The predicted molar refractivity (Wildman–Crippen MR) is 65.4 cm³/mol. The van der Waals surface area contributed by atoms with E-state index in [0.29, 0.717) is 5.69 Å². The van der Waals surface area contributed by atoms with Crippen molar-refractivity contribution in [1.29, 1.82) is 0 Å². The minimum Gasteiger partial charge on any atom is -0.0620 e. The molecule has 0 amide bonds. The van der Waals surface area contributed by atoms with E-state index >= 15 is 0 Å². The summed E-state index contributed by atoms with van der Waals surface area (Å²) < 4.78 is 0. The molecule has 0 bridgehead atoms. The zero-order valence-corrected chi connectivity index (χ0v) is 8.96. The molecule has 0 aliphatic heterocycles. The Hall–Kier alpha value is -2.25. The standard InChI is InChI=1S/C13H11N3/c1-10-4-2-3-5-13(10)11-6-8-12(9-7-11)15-16-14/h2-9H,1H3. The number of rotatable bonds is 2. The minimum atomic E-state index is 0.639. The molecule has 0 N–H and O–H groups in total. The number of aryl methyl sites for hydroxylation is 1. The van der Waals surface area contributed by atoms with Gasteiger partial charge in [0, 0.05) is 10.6 Å². The van der Waals surface area contributed by atoms with Crippen molar-refractivity contribution < 1.29 is 0 Å². The normalized spacial score (nSPS) is 9.56. The molecule has 2 aromatic rings. The van der Waals surface area contributed by atoms with E-state index in [9.17, 15) is 0 Å². The van der Waals surface area contributed by atoms with Gasteiger partial charge >= 0.3 is 0 Å². The average Bonchev–Trinajstić information content (AvgIpc) is 2.31. The molecule has 0 aliphatic carbocycles. The van der Waals surface area contributed by atoms with Crippen LogP contribution in [0.5, 0.6) is 0 Å². The maximum atomic E-state index is 8.31. The molecule has 2 aromatic carbocycles. The molecule has 0 radical (unpaired) electrons. The van der Waals surface area contributed by atoms with Crippen LogP contribution in [-0.4, -0.2) is 0 Å². The molecule has 0 saturated carbocycles. The van der Waals surface area contributed by atoms with Crippen molar-refractivity contribution in [3.8, 4) is 11.1 Å². The maximum Gasteiger partial charge on any atom is 0.0375 e. The van der Waals surface area contributed by atoms with E-state index in [2.05, 4.69) is 29.1 Å². The van der Waals surface area contributed by atoms with Crippen LogP contribution in [0, 0.1) is 6.92 Å². The number of hydrogen-bond acceptors (Lipinski definition) is 1. The molecule has 0 heterocycles. The first-order valence-corrected chi connectivity index (χ1v) is 5.02. The van der Waals surface area contributed by atoms with Crippen LogP contribution >= 0.6 is 0 Å². The summed E-state index contributed by atoms with van der Waals surface area (Å²) >= 11 is 0. The predicted octanol–water partition coefficient (Wildman–Crippen LogP) is 4.60. The third-order valence-corrected chi connectivity index (χ3v) is 2.48. The second-order valence-electron chi connectivity index (χ2n) is 3.55. The Labute approximate surface area is 94.0 Å². The minimum absolute atomic E-state index is 0.639. The summed E-state index contributed by atoms with van der Waals surface area (Å²) in [6, 6.07) is 15.8. The number of benzene rings is 2. The van der Waals surface area contributed by atoms with Crippen molar-refractivity contribution in [2.45, 2.75) is 6.92 Å². The summed E-state index contributed by atoms with van der Waals surface area (Å²) in [4.78, 5) is 2.75. The molecule has 0 aromatic heterocycles. The summed E-state index contributed by atoms with van der Waals surface area (Å²) in [6.07, 6.45) is 0. The number of azide groups is 1. The molecule has 0 unspecified atom stereocenters. The van der Waals surface area contributed by atoms with Gasteiger partial charge < -0.3 is 0 Å². The van der Waals surface area contributed by atoms with Crippen LogP contribution in [0.15, 0.2) is 53.6 Å². The topological polar surface area (TPSA) is 48.8 Å². The highest BCUT2D eigenvalue weighted by Crippen LogP contribution is 2.25. The van der Waals surface area contributed by atoms with Crippen molar-refractivity contribution in [3.63, 3.8) is 0 Å². The first kappa shape index (κ1) is 10.3. The molecule has 0 atom stereocenters. The second-order valence-corrected chi connectivity index (χ2v) is 3.55. The molecule has 2 rings (SSSR count). The smallest absolute Gasteiger partial charge is 0.0375 e. The highest BCUT2D eigenvalue weighted by molar-refractivity contribution is 5.68. The lowest BCUT2D eigenvalue weighted by Gasteiger charge is -2.05. The summed E-state index contributed by atoms with van der Waals surface area (Å²) in [6.45, 7) is 2.08. The Morgan fingerprint density at radius 2 is 1.69 bits per heavy atom. The third-order valence-electron chi connectivity index (χ3n) is 2.48. The van der Waals surface area contributed by atoms with E-state index in [1.54, 1.807) is 0 Å². The molecule has 3 heteroatoms. The Morgan fingerprint density at radius 3 is 2.31 bits per heavy atom. The van der Waals surface area contributed by atoms with Crippen molar-refractivity contribution in [1.82, 2.24) is 0 Å². The Balaban J connectivity index is 2.42. The lowest BCUT2D eigenvalue weighted by atomic mass is 10.0. The van der Waals surface area contributed by atoms with Gasteiger partial charge in [-0.1, -0.05) is 53.6 Å². The van der Waals surface area contributed by atoms with Gasteiger partial charge in [0.2, 0.25) is 0 Å². The van der Waals surface area contributed by atoms with Crippen molar-refractivity contribution in [3.05, 3.63) is 64.5 Å². The van der Waals surface area contributed by atoms with Crippen molar-refractivity contribution in [2.24, 2.45) is 5.11 Å². The van der Waals surface area contributed by atoms with E-state index in [-0.39, 0.29) is 0 Å². The molecule has 3 nitrogen and oxygen atoms in total. The molecule has 0 aliphatic rings. The Kier molecular flexibility index (Phi) is 2.90. The molecule has 0 fully saturated rings. The molecule has 16 heavy (non-hydrogen) atoms. The van der Waals surface area contributed by atoms with Gasteiger partial charge in [0.1, 0.15) is 0 Å². The zero-order chi connectivity index (χ0) is 11.4. The maximum absolute atomic E-state index is 8.31. The fourth-order valence-electron chi connectivity index (χ4n) is 1.66. The van der Waals surface area contributed by atoms with Crippen LogP contribution in [0.25, 0.3) is 21.6 Å². The van der Waals surface area contributed by atoms with Gasteiger partial charge in [-0.2, -0.15) is 0 Å². The fraction of sp³-hybridized carbons (Fsp3) is 0.0769. The van der Waals surface area contributed by atoms with Gasteiger partial charge in [0.15, 0.2) is 0 Å². The van der Waals surface area contributed by atoms with Crippen LogP contribution in [0.1, 0.15) is 5.56 Å². The first-order valence-electron chi connectivity index (χ1n) is 5.02. The lowest BCUT2D eigenvalue weighted by Crippen LogP contribution is -1.81. The Bertz CT molecular complexity index is 537. The quantitative estimate of drug-likeness (QED) is 0.394. The SMILES string of the molecule is Cc1ccccc1-c1ccc(N=[N+]=[N-])cc1. The van der Waals surface area contributed by atoms with Crippen LogP contribution in [0.3, 0.4) is 0 Å². The summed E-state index contributed by atoms with van der Waals surface area (Å²) in [5, 5.41) is 3.54. The zero-order valence-electron chi connectivity index (χ0n) is 8.96. The van der Waals surface area contributed by atoms with Gasteiger partial charge in [-0.3, -0.25) is 0 Å². The van der Waals surface area contributed by atoms with Gasteiger partial charge in [-0.15, -0.1) is 0 Å². The molecule has 78 valence electrons. The van der Waals surface area contributed by atoms with Gasteiger partial charge in [0.25, 0.3) is 0 Å². The lowest BCUT2D eigenvalue weighted by molar-refractivity contribution is 1.44. The van der Waals surface area contributed by atoms with Crippen molar-refractivity contribution in [2.75, 3.05) is 0 Å². The van der Waals surface area contributed by atoms with E-state index in [4.69, 9.17) is 5.53 Å². The monoisotopic (exact) mass is 209 g/mol. The van der Waals surface area contributed by atoms with Crippen LogP contribution in [0.2, 0.25) is 0 Å². The Morgan fingerprint density at radius 1 is 1.00 bits per heavy atom. The van der Waals surface area contributed by atoms with E-state index < -0.39 is 0 Å². The number of nitrogens with zero attached hydrogens (tertiary/aromatic N) is 3. The highest BCUT2D eigenvalue weighted by Gasteiger charge is 1.99. The molecular weight excluding hydrogens is 198 g/mol. The van der Waals surface area contributed by atoms with Gasteiger partial charge in [-0.25, -0.2) is 0 Å². The first-order chi connectivity index (χ1) is 7.81. The van der Waals surface area contributed by atoms with E-state index in [1.807, 2.05) is 36.4 Å². The highest BCUT2D eigenvalue weighted by atomic mass is 15.1. The van der Waals surface area contributed by atoms with E-state index in [1.165, 1.54) is 11.1 Å². The summed E-state index contributed by atoms with van der Waals surface area (Å²) in [5.41, 5.74) is 12.5. The summed E-state index contributed by atoms with van der Waals surface area (Å²) in [5.74, 6) is 0. The summed E-state index contributed by atoms with van der Waals surface area (Å²) in [7, 11) is 0. The third kappa shape index (κ3) is 2.05. The average molecular weight is 209 g/mol. The van der Waals surface area contributed by atoms with Gasteiger partial charge in [-0.05, 0) is 29.1 Å². The van der Waals surface area contributed by atoms with Crippen LogP contribution in [-0.2, 0) is 0 Å². The molecule has 0 saturated heterocycles. The van der Waals surface area contributed by atoms with Gasteiger partial charge in [0.05, 0.1) is 0 Å². The van der Waals surface area contributed by atoms with E-state index in [0.717, 1.165) is 5.56 Å². The molecule has 0 spiro atoms. The largest absolute Gasteiger partial charge is 0.0620 e. The molecular formula is C13H11N3. The number of hydrogen-bond donors (Lipinski definition) is 0. The van der Waals surface area contributed by atoms with Crippen molar-refractivity contribution >= 4 is 5.69 Å². The van der Waals surface area contributed by atoms with Crippen LogP contribution < -0.4 is 0 Å². The fourth-order valence-corrected chi connectivity index (χ4v) is 1.66. The van der Waals surface area contributed by atoms with Crippen LogP contribution in [0.4, 0.5) is 5.69 Å². The second kappa shape index (κ2) is 4.51.